The Morgan fingerprint density at radius 2 is 1.70 bits per heavy atom. The average Bonchev–Trinajstić information content (AvgIpc) is 2.58. The van der Waals surface area contributed by atoms with E-state index in [4.69, 9.17) is 0 Å². The highest BCUT2D eigenvalue weighted by Crippen LogP contribution is 2.14. The molecule has 126 valence electrons. The third kappa shape index (κ3) is 4.79. The quantitative estimate of drug-likeness (QED) is 0.927. The van der Waals surface area contributed by atoms with E-state index < -0.39 is 0 Å². The Kier molecular flexibility index (Phi) is 5.68. The summed E-state index contributed by atoms with van der Waals surface area (Å²) in [6.45, 7) is 5.56. The zero-order valence-electron chi connectivity index (χ0n) is 14.3. The molecule has 0 spiro atoms. The molecule has 2 fully saturated rings. The van der Waals surface area contributed by atoms with E-state index in [-0.39, 0.29) is 5.91 Å². The first-order valence-electron chi connectivity index (χ1n) is 9.01. The first-order chi connectivity index (χ1) is 11.2. The second-order valence-corrected chi connectivity index (χ2v) is 7.08. The maximum absolute atomic E-state index is 12.4. The lowest BCUT2D eigenvalue weighted by atomic mass is 10.0. The van der Waals surface area contributed by atoms with Crippen molar-refractivity contribution in [1.82, 2.24) is 15.1 Å². The number of benzene rings is 1. The van der Waals surface area contributed by atoms with Gasteiger partial charge in [-0.2, -0.15) is 0 Å². The largest absolute Gasteiger partial charge is 0.349 e. The predicted octanol–water partition coefficient (Wildman–Crippen LogP) is 2.50. The van der Waals surface area contributed by atoms with Gasteiger partial charge in [0, 0.05) is 18.2 Å². The SMILES string of the molecule is CN1CCC(NC(=O)c2ccc(CN3CCCCC3)cc2)CC1. The van der Waals surface area contributed by atoms with Crippen LogP contribution in [0, 0.1) is 0 Å². The molecule has 2 heterocycles. The van der Waals surface area contributed by atoms with Gasteiger partial charge in [0.2, 0.25) is 0 Å². The topological polar surface area (TPSA) is 35.6 Å². The Bertz CT molecular complexity index is 500. The maximum atomic E-state index is 12.4. The van der Waals surface area contributed by atoms with Crippen molar-refractivity contribution in [2.45, 2.75) is 44.7 Å². The first kappa shape index (κ1) is 16.5. The molecule has 1 N–H and O–H groups in total. The van der Waals surface area contributed by atoms with Gasteiger partial charge in [-0.1, -0.05) is 18.6 Å². The van der Waals surface area contributed by atoms with Gasteiger partial charge in [0.25, 0.3) is 5.91 Å². The van der Waals surface area contributed by atoms with E-state index in [9.17, 15) is 4.79 Å². The van der Waals surface area contributed by atoms with Gasteiger partial charge in [-0.25, -0.2) is 0 Å². The van der Waals surface area contributed by atoms with E-state index in [1.807, 2.05) is 12.1 Å². The number of nitrogens with zero attached hydrogens (tertiary/aromatic N) is 2. The summed E-state index contributed by atoms with van der Waals surface area (Å²) in [5, 5.41) is 3.18. The molecule has 2 aliphatic rings. The minimum atomic E-state index is 0.0732. The summed E-state index contributed by atoms with van der Waals surface area (Å²) in [6, 6.07) is 8.50. The minimum Gasteiger partial charge on any atom is -0.349 e. The molecule has 23 heavy (non-hydrogen) atoms. The lowest BCUT2D eigenvalue weighted by Gasteiger charge is -2.29. The number of carbonyl (C=O) groups excluding carboxylic acids is 1. The molecule has 0 radical (unpaired) electrons. The van der Waals surface area contributed by atoms with Crippen molar-refractivity contribution in [3.63, 3.8) is 0 Å². The molecule has 3 rings (SSSR count). The number of amides is 1. The van der Waals surface area contributed by atoms with Crippen LogP contribution >= 0.6 is 0 Å². The molecule has 0 aromatic heterocycles. The minimum absolute atomic E-state index is 0.0732. The van der Waals surface area contributed by atoms with Gasteiger partial charge in [-0.15, -0.1) is 0 Å². The maximum Gasteiger partial charge on any atom is 0.251 e. The van der Waals surface area contributed by atoms with Crippen LogP contribution in [0.3, 0.4) is 0 Å². The van der Waals surface area contributed by atoms with Crippen LogP contribution in [0.15, 0.2) is 24.3 Å². The third-order valence-electron chi connectivity index (χ3n) is 5.12. The fourth-order valence-corrected chi connectivity index (χ4v) is 3.56. The molecular formula is C19H29N3O. The van der Waals surface area contributed by atoms with Crippen LogP contribution in [0.2, 0.25) is 0 Å². The van der Waals surface area contributed by atoms with Crippen molar-refractivity contribution in [3.8, 4) is 0 Å². The van der Waals surface area contributed by atoms with E-state index in [1.54, 1.807) is 0 Å². The van der Waals surface area contributed by atoms with Crippen LogP contribution in [0.4, 0.5) is 0 Å². The number of rotatable bonds is 4. The average molecular weight is 315 g/mol. The van der Waals surface area contributed by atoms with Crippen molar-refractivity contribution in [2.75, 3.05) is 33.2 Å². The van der Waals surface area contributed by atoms with Gasteiger partial charge in [0.15, 0.2) is 0 Å². The second-order valence-electron chi connectivity index (χ2n) is 7.08. The molecule has 1 amide bonds. The van der Waals surface area contributed by atoms with E-state index in [2.05, 4.69) is 34.3 Å². The van der Waals surface area contributed by atoms with Gasteiger partial charge >= 0.3 is 0 Å². The molecule has 0 bridgehead atoms. The molecule has 2 aliphatic heterocycles. The molecular weight excluding hydrogens is 286 g/mol. The van der Waals surface area contributed by atoms with Crippen molar-refractivity contribution in [3.05, 3.63) is 35.4 Å². The van der Waals surface area contributed by atoms with Gasteiger partial charge in [0.1, 0.15) is 0 Å². The van der Waals surface area contributed by atoms with E-state index >= 15 is 0 Å². The van der Waals surface area contributed by atoms with Crippen LogP contribution < -0.4 is 5.32 Å². The van der Waals surface area contributed by atoms with Crippen molar-refractivity contribution in [2.24, 2.45) is 0 Å². The number of carbonyl (C=O) groups is 1. The fraction of sp³-hybridized carbons (Fsp3) is 0.632. The predicted molar refractivity (Wildman–Crippen MR) is 93.6 cm³/mol. The lowest BCUT2D eigenvalue weighted by Crippen LogP contribution is -2.43. The van der Waals surface area contributed by atoms with Crippen molar-refractivity contribution in [1.29, 1.82) is 0 Å². The molecule has 4 nitrogen and oxygen atoms in total. The smallest absolute Gasteiger partial charge is 0.251 e. The summed E-state index contributed by atoms with van der Waals surface area (Å²) in [4.78, 5) is 17.2. The van der Waals surface area contributed by atoms with E-state index in [1.165, 1.54) is 37.9 Å². The number of likely N-dealkylation sites (tertiary alicyclic amines) is 2. The zero-order valence-corrected chi connectivity index (χ0v) is 14.3. The molecule has 0 aliphatic carbocycles. The Balaban J connectivity index is 1.50. The third-order valence-corrected chi connectivity index (χ3v) is 5.12. The number of nitrogens with one attached hydrogen (secondary N) is 1. The molecule has 1 aromatic carbocycles. The number of hydrogen-bond donors (Lipinski definition) is 1. The lowest BCUT2D eigenvalue weighted by molar-refractivity contribution is 0.0917. The molecule has 4 heteroatoms. The first-order valence-corrected chi connectivity index (χ1v) is 9.01. The zero-order chi connectivity index (χ0) is 16.1. The number of piperidine rings is 2. The highest BCUT2D eigenvalue weighted by Gasteiger charge is 2.19. The van der Waals surface area contributed by atoms with Crippen LogP contribution in [-0.4, -0.2) is 55.0 Å². The standard InChI is InChI=1S/C19H29N3O/c1-21-13-9-18(10-14-21)20-19(23)17-7-5-16(6-8-17)15-22-11-3-2-4-12-22/h5-8,18H,2-4,9-15H2,1H3,(H,20,23). The highest BCUT2D eigenvalue weighted by atomic mass is 16.1. The molecule has 1 aromatic rings. The van der Waals surface area contributed by atoms with E-state index in [0.29, 0.717) is 6.04 Å². The van der Waals surface area contributed by atoms with Gasteiger partial charge in [-0.3, -0.25) is 9.69 Å². The fourth-order valence-electron chi connectivity index (χ4n) is 3.56. The molecule has 0 unspecified atom stereocenters. The Labute approximate surface area is 139 Å². The summed E-state index contributed by atoms with van der Waals surface area (Å²) in [6.07, 6.45) is 6.10. The summed E-state index contributed by atoms with van der Waals surface area (Å²) < 4.78 is 0. The van der Waals surface area contributed by atoms with Crippen LogP contribution in [0.25, 0.3) is 0 Å². The van der Waals surface area contributed by atoms with Crippen LogP contribution in [-0.2, 0) is 6.54 Å². The normalized spacial score (nSPS) is 21.3. The summed E-state index contributed by atoms with van der Waals surface area (Å²) in [5.41, 5.74) is 2.09. The van der Waals surface area contributed by atoms with Gasteiger partial charge in [-0.05, 0) is 76.6 Å². The molecule has 2 saturated heterocycles. The summed E-state index contributed by atoms with van der Waals surface area (Å²) in [7, 11) is 2.14. The van der Waals surface area contributed by atoms with E-state index in [0.717, 1.165) is 38.0 Å². The summed E-state index contributed by atoms with van der Waals surface area (Å²) in [5.74, 6) is 0.0732. The van der Waals surface area contributed by atoms with Gasteiger partial charge < -0.3 is 10.2 Å². The van der Waals surface area contributed by atoms with Crippen molar-refractivity contribution >= 4 is 5.91 Å². The van der Waals surface area contributed by atoms with Gasteiger partial charge in [0.05, 0.1) is 0 Å². The Hall–Kier alpha value is -1.39. The molecule has 0 atom stereocenters. The molecule has 0 saturated carbocycles. The highest BCUT2D eigenvalue weighted by molar-refractivity contribution is 5.94. The Morgan fingerprint density at radius 3 is 2.35 bits per heavy atom. The number of hydrogen-bond acceptors (Lipinski definition) is 3. The monoisotopic (exact) mass is 315 g/mol. The van der Waals surface area contributed by atoms with Crippen LogP contribution in [0.1, 0.15) is 48.0 Å². The summed E-state index contributed by atoms with van der Waals surface area (Å²) >= 11 is 0. The van der Waals surface area contributed by atoms with Crippen molar-refractivity contribution < 1.29 is 4.79 Å². The second kappa shape index (κ2) is 7.93. The Morgan fingerprint density at radius 1 is 1.04 bits per heavy atom. The van der Waals surface area contributed by atoms with Crippen LogP contribution in [0.5, 0.6) is 0 Å².